The van der Waals surface area contributed by atoms with Crippen molar-refractivity contribution in [1.29, 1.82) is 0 Å². The van der Waals surface area contributed by atoms with Crippen LogP contribution in [-0.4, -0.2) is 15.0 Å². The van der Waals surface area contributed by atoms with Crippen molar-refractivity contribution < 1.29 is 0 Å². The topological polar surface area (TPSA) is 38.7 Å². The SMILES string of the molecule is [c]1nccc2ncncc12. The van der Waals surface area contributed by atoms with Crippen LogP contribution in [0.4, 0.5) is 0 Å². The Bertz CT molecular complexity index is 280. The summed E-state index contributed by atoms with van der Waals surface area (Å²) in [6.45, 7) is 0. The van der Waals surface area contributed by atoms with Gasteiger partial charge in [-0.2, -0.15) is 0 Å². The fourth-order valence-corrected chi connectivity index (χ4v) is 0.773. The molecular weight excluding hydrogens is 126 g/mol. The molecule has 47 valence electrons. The second kappa shape index (κ2) is 2.02. The van der Waals surface area contributed by atoms with Gasteiger partial charge in [0.15, 0.2) is 0 Å². The zero-order chi connectivity index (χ0) is 6.81. The molecule has 3 heteroatoms. The minimum Gasteiger partial charge on any atom is -0.254 e. The quantitative estimate of drug-likeness (QED) is 0.530. The van der Waals surface area contributed by atoms with E-state index in [1.807, 2.05) is 6.07 Å². The Morgan fingerprint density at radius 3 is 3.30 bits per heavy atom. The lowest BCUT2D eigenvalue weighted by molar-refractivity contribution is 1.20. The molecule has 0 saturated carbocycles. The van der Waals surface area contributed by atoms with E-state index < -0.39 is 0 Å². The second-order valence-electron chi connectivity index (χ2n) is 1.88. The molecule has 0 fully saturated rings. The summed E-state index contributed by atoms with van der Waals surface area (Å²) < 4.78 is 0. The number of aromatic nitrogens is 3. The molecule has 0 saturated heterocycles. The number of pyridine rings is 1. The first-order chi connectivity index (χ1) is 4.97. The van der Waals surface area contributed by atoms with E-state index >= 15 is 0 Å². The van der Waals surface area contributed by atoms with Gasteiger partial charge in [-0.1, -0.05) is 0 Å². The van der Waals surface area contributed by atoms with Crippen molar-refractivity contribution >= 4 is 10.9 Å². The summed E-state index contributed by atoms with van der Waals surface area (Å²) in [5, 5.41) is 0.852. The summed E-state index contributed by atoms with van der Waals surface area (Å²) in [5.41, 5.74) is 0.880. The first-order valence-electron chi connectivity index (χ1n) is 2.89. The smallest absolute Gasteiger partial charge is 0.116 e. The predicted molar refractivity (Wildman–Crippen MR) is 36.2 cm³/mol. The van der Waals surface area contributed by atoms with E-state index in [1.165, 1.54) is 6.33 Å². The molecule has 1 radical (unpaired) electrons. The van der Waals surface area contributed by atoms with Gasteiger partial charge in [-0.15, -0.1) is 0 Å². The Morgan fingerprint density at radius 2 is 2.40 bits per heavy atom. The van der Waals surface area contributed by atoms with E-state index in [-0.39, 0.29) is 0 Å². The van der Waals surface area contributed by atoms with Crippen LogP contribution >= 0.6 is 0 Å². The summed E-state index contributed by atoms with van der Waals surface area (Å²) in [7, 11) is 0. The molecule has 0 aliphatic rings. The number of rotatable bonds is 0. The predicted octanol–water partition coefficient (Wildman–Crippen LogP) is 0.825. The van der Waals surface area contributed by atoms with Gasteiger partial charge >= 0.3 is 0 Å². The van der Waals surface area contributed by atoms with E-state index in [1.54, 1.807) is 12.4 Å². The molecule has 10 heavy (non-hydrogen) atoms. The summed E-state index contributed by atoms with van der Waals surface area (Å²) in [6, 6.07) is 1.83. The van der Waals surface area contributed by atoms with Crippen LogP contribution in [-0.2, 0) is 0 Å². The van der Waals surface area contributed by atoms with E-state index in [4.69, 9.17) is 0 Å². The van der Waals surface area contributed by atoms with Gasteiger partial charge in [0.25, 0.3) is 0 Å². The maximum atomic E-state index is 4.00. The monoisotopic (exact) mass is 130 g/mol. The highest BCUT2D eigenvalue weighted by molar-refractivity contribution is 5.74. The van der Waals surface area contributed by atoms with Crippen LogP contribution in [0, 0.1) is 6.20 Å². The van der Waals surface area contributed by atoms with Crippen LogP contribution in [0.3, 0.4) is 0 Å². The minimum atomic E-state index is 0.852. The molecular formula is C7H4N3. The summed E-state index contributed by atoms with van der Waals surface area (Å²) in [6.07, 6.45) is 7.64. The summed E-state index contributed by atoms with van der Waals surface area (Å²) >= 11 is 0. The van der Waals surface area contributed by atoms with Crippen molar-refractivity contribution in [1.82, 2.24) is 15.0 Å². The van der Waals surface area contributed by atoms with E-state index in [9.17, 15) is 0 Å². The average molecular weight is 130 g/mol. The lowest BCUT2D eigenvalue weighted by Gasteiger charge is -1.89. The molecule has 0 aliphatic heterocycles. The van der Waals surface area contributed by atoms with Gasteiger partial charge in [-0.05, 0) is 6.07 Å². The van der Waals surface area contributed by atoms with Crippen LogP contribution in [0.1, 0.15) is 0 Å². The van der Waals surface area contributed by atoms with Gasteiger partial charge in [0.2, 0.25) is 0 Å². The van der Waals surface area contributed by atoms with Crippen molar-refractivity contribution in [2.75, 3.05) is 0 Å². The van der Waals surface area contributed by atoms with Crippen LogP contribution in [0.15, 0.2) is 24.8 Å². The number of nitrogens with zero attached hydrogens (tertiary/aromatic N) is 3. The molecule has 2 heterocycles. The van der Waals surface area contributed by atoms with Crippen molar-refractivity contribution in [3.63, 3.8) is 0 Å². The number of hydrogen-bond acceptors (Lipinski definition) is 3. The van der Waals surface area contributed by atoms with Gasteiger partial charge in [0.1, 0.15) is 12.5 Å². The van der Waals surface area contributed by atoms with Crippen LogP contribution in [0.2, 0.25) is 0 Å². The van der Waals surface area contributed by atoms with E-state index in [2.05, 4.69) is 21.1 Å². The third-order valence-corrected chi connectivity index (χ3v) is 1.24. The third kappa shape index (κ3) is 0.719. The largest absolute Gasteiger partial charge is 0.254 e. The molecule has 0 amide bonds. The fraction of sp³-hybridized carbons (Fsp3) is 0. The maximum absolute atomic E-state index is 4.00. The normalized spacial score (nSPS) is 10.0. The summed E-state index contributed by atoms with van der Waals surface area (Å²) in [5.74, 6) is 0. The van der Waals surface area contributed by atoms with Crippen LogP contribution < -0.4 is 0 Å². The van der Waals surface area contributed by atoms with Gasteiger partial charge in [0.05, 0.1) is 5.52 Å². The maximum Gasteiger partial charge on any atom is 0.116 e. The Hall–Kier alpha value is -1.51. The molecule has 3 nitrogen and oxygen atoms in total. The molecule has 2 aromatic rings. The third-order valence-electron chi connectivity index (χ3n) is 1.24. The van der Waals surface area contributed by atoms with E-state index in [0.29, 0.717) is 0 Å². The standard InChI is InChI=1S/C7H4N3/c1-2-8-3-6-4-9-5-10-7(1)6/h1-2,4-5H. The first-order valence-corrected chi connectivity index (χ1v) is 2.89. The first kappa shape index (κ1) is 5.29. The molecule has 2 aromatic heterocycles. The molecule has 0 N–H and O–H groups in total. The molecule has 0 unspecified atom stereocenters. The van der Waals surface area contributed by atoms with Crippen molar-refractivity contribution in [3.8, 4) is 0 Å². The summed E-state index contributed by atoms with van der Waals surface area (Å²) in [4.78, 5) is 11.6. The Labute approximate surface area is 57.8 Å². The van der Waals surface area contributed by atoms with Crippen molar-refractivity contribution in [2.45, 2.75) is 0 Å². The molecule has 0 atom stereocenters. The number of hydrogen-bond donors (Lipinski definition) is 0. The zero-order valence-electron chi connectivity index (χ0n) is 5.15. The molecule has 0 bridgehead atoms. The fourth-order valence-electron chi connectivity index (χ4n) is 0.773. The lowest BCUT2D eigenvalue weighted by Crippen LogP contribution is -1.80. The second-order valence-corrected chi connectivity index (χ2v) is 1.88. The Morgan fingerprint density at radius 1 is 1.40 bits per heavy atom. The van der Waals surface area contributed by atoms with Crippen LogP contribution in [0.25, 0.3) is 10.9 Å². The van der Waals surface area contributed by atoms with Crippen molar-refractivity contribution in [2.24, 2.45) is 0 Å². The Kier molecular flexibility index (Phi) is 1.07. The van der Waals surface area contributed by atoms with E-state index in [0.717, 1.165) is 10.9 Å². The van der Waals surface area contributed by atoms with Gasteiger partial charge in [-0.25, -0.2) is 9.97 Å². The molecule has 2 rings (SSSR count). The Balaban J connectivity index is 2.89. The molecule has 0 aliphatic carbocycles. The number of fused-ring (bicyclic) bond motifs is 1. The van der Waals surface area contributed by atoms with Gasteiger partial charge in [0, 0.05) is 17.8 Å². The minimum absolute atomic E-state index is 0.852. The van der Waals surface area contributed by atoms with Crippen LogP contribution in [0.5, 0.6) is 0 Å². The highest BCUT2D eigenvalue weighted by Crippen LogP contribution is 2.03. The lowest BCUT2D eigenvalue weighted by atomic mass is 10.3. The van der Waals surface area contributed by atoms with Crippen molar-refractivity contribution in [3.05, 3.63) is 31.0 Å². The highest BCUT2D eigenvalue weighted by Gasteiger charge is 1.89. The average Bonchev–Trinajstić information content (AvgIpc) is 2.05. The molecule has 0 spiro atoms. The zero-order valence-corrected chi connectivity index (χ0v) is 5.15. The van der Waals surface area contributed by atoms with Gasteiger partial charge in [-0.3, -0.25) is 4.98 Å². The molecule has 0 aromatic carbocycles. The van der Waals surface area contributed by atoms with Gasteiger partial charge < -0.3 is 0 Å². The highest BCUT2D eigenvalue weighted by atomic mass is 14.8.